The molecule has 0 radical (unpaired) electrons. The molecular weight excluding hydrogens is 265 g/mol. The molecule has 18 heavy (non-hydrogen) atoms. The molecule has 0 fully saturated rings. The van der Waals surface area contributed by atoms with Gasteiger partial charge in [-0.2, -0.15) is 0 Å². The Morgan fingerprint density at radius 3 is 2.33 bits per heavy atom. The van der Waals surface area contributed by atoms with Crippen molar-refractivity contribution in [1.29, 1.82) is 0 Å². The summed E-state index contributed by atoms with van der Waals surface area (Å²) in [4.78, 5) is 3.39. The highest BCUT2D eigenvalue weighted by molar-refractivity contribution is 6.31. The van der Waals surface area contributed by atoms with E-state index in [4.69, 9.17) is 23.2 Å². The van der Waals surface area contributed by atoms with E-state index >= 15 is 0 Å². The summed E-state index contributed by atoms with van der Waals surface area (Å²) in [7, 11) is 0. The third-order valence-corrected chi connectivity index (χ3v) is 3.43. The zero-order valence-electron chi connectivity index (χ0n) is 9.58. The smallest absolute Gasteiger partial charge is 0.0457 e. The lowest BCUT2D eigenvalue weighted by Gasteiger charge is -1.98. The van der Waals surface area contributed by atoms with Crippen LogP contribution in [0.2, 0.25) is 10.0 Å². The first-order chi connectivity index (χ1) is 8.70. The molecule has 1 N–H and O–H groups in total. The fourth-order valence-electron chi connectivity index (χ4n) is 2.08. The molecule has 0 spiro atoms. The van der Waals surface area contributed by atoms with E-state index in [-0.39, 0.29) is 0 Å². The summed E-state index contributed by atoms with van der Waals surface area (Å²) < 4.78 is 0. The number of fused-ring (bicyclic) bond motifs is 1. The van der Waals surface area contributed by atoms with Crippen LogP contribution in [0.25, 0.3) is 10.9 Å². The molecule has 0 unspecified atom stereocenters. The van der Waals surface area contributed by atoms with Crippen LogP contribution in [0.1, 0.15) is 11.3 Å². The number of aromatic nitrogens is 1. The molecule has 0 aliphatic heterocycles. The van der Waals surface area contributed by atoms with Crippen molar-refractivity contribution in [3.05, 3.63) is 69.8 Å². The van der Waals surface area contributed by atoms with Crippen molar-refractivity contribution in [3.8, 4) is 0 Å². The molecule has 90 valence electrons. The minimum atomic E-state index is 0.763. The zero-order chi connectivity index (χ0) is 12.5. The summed E-state index contributed by atoms with van der Waals surface area (Å²) in [5, 5.41) is 2.67. The van der Waals surface area contributed by atoms with Crippen LogP contribution in [0.4, 0.5) is 0 Å². The Kier molecular flexibility index (Phi) is 3.02. The Morgan fingerprint density at radius 1 is 0.833 bits per heavy atom. The Labute approximate surface area is 115 Å². The fourth-order valence-corrected chi connectivity index (χ4v) is 2.39. The monoisotopic (exact) mass is 275 g/mol. The first-order valence-electron chi connectivity index (χ1n) is 5.72. The summed E-state index contributed by atoms with van der Waals surface area (Å²) in [6.45, 7) is 0. The maximum atomic E-state index is 5.98. The van der Waals surface area contributed by atoms with Gasteiger partial charge in [-0.25, -0.2) is 0 Å². The van der Waals surface area contributed by atoms with E-state index in [1.54, 1.807) is 0 Å². The highest BCUT2D eigenvalue weighted by Crippen LogP contribution is 2.21. The second kappa shape index (κ2) is 4.68. The Morgan fingerprint density at radius 2 is 1.56 bits per heavy atom. The molecule has 3 rings (SSSR count). The third kappa shape index (κ3) is 2.38. The van der Waals surface area contributed by atoms with Crippen molar-refractivity contribution < 1.29 is 0 Å². The summed E-state index contributed by atoms with van der Waals surface area (Å²) in [5.74, 6) is 0. The van der Waals surface area contributed by atoms with Gasteiger partial charge in [-0.15, -0.1) is 0 Å². The lowest BCUT2D eigenvalue weighted by Crippen LogP contribution is -1.87. The van der Waals surface area contributed by atoms with E-state index in [0.717, 1.165) is 27.4 Å². The third-order valence-electron chi connectivity index (χ3n) is 2.95. The van der Waals surface area contributed by atoms with E-state index < -0.39 is 0 Å². The molecule has 0 saturated heterocycles. The van der Waals surface area contributed by atoms with Crippen molar-refractivity contribution in [3.63, 3.8) is 0 Å². The predicted octanol–water partition coefficient (Wildman–Crippen LogP) is 5.07. The second-order valence-electron chi connectivity index (χ2n) is 4.33. The van der Waals surface area contributed by atoms with Crippen LogP contribution in [-0.4, -0.2) is 4.98 Å². The molecule has 1 nitrogen and oxygen atoms in total. The van der Waals surface area contributed by atoms with Crippen molar-refractivity contribution >= 4 is 34.1 Å². The zero-order valence-corrected chi connectivity index (χ0v) is 11.1. The van der Waals surface area contributed by atoms with Gasteiger partial charge in [-0.05, 0) is 42.0 Å². The number of hydrogen-bond donors (Lipinski definition) is 1. The van der Waals surface area contributed by atoms with Crippen LogP contribution in [-0.2, 0) is 6.42 Å². The van der Waals surface area contributed by atoms with Crippen molar-refractivity contribution in [2.75, 3.05) is 0 Å². The average Bonchev–Trinajstić information content (AvgIpc) is 2.73. The molecule has 1 heterocycles. The number of rotatable bonds is 2. The summed E-state index contributed by atoms with van der Waals surface area (Å²) >= 11 is 11.9. The van der Waals surface area contributed by atoms with E-state index in [1.807, 2.05) is 42.5 Å². The number of halogens is 2. The van der Waals surface area contributed by atoms with Gasteiger partial charge in [0.15, 0.2) is 0 Å². The molecule has 0 amide bonds. The van der Waals surface area contributed by atoms with E-state index in [1.165, 1.54) is 11.3 Å². The van der Waals surface area contributed by atoms with Gasteiger partial charge in [0.05, 0.1) is 0 Å². The number of benzene rings is 2. The van der Waals surface area contributed by atoms with Crippen LogP contribution in [0, 0.1) is 0 Å². The van der Waals surface area contributed by atoms with Crippen LogP contribution in [0.15, 0.2) is 48.5 Å². The number of H-pyrrole nitrogens is 1. The van der Waals surface area contributed by atoms with Crippen molar-refractivity contribution in [2.45, 2.75) is 6.42 Å². The molecule has 0 atom stereocenters. The molecule has 3 heteroatoms. The highest BCUT2D eigenvalue weighted by atomic mass is 35.5. The van der Waals surface area contributed by atoms with Crippen molar-refractivity contribution in [2.24, 2.45) is 0 Å². The summed E-state index contributed by atoms with van der Waals surface area (Å²) in [6, 6.07) is 15.9. The highest BCUT2D eigenvalue weighted by Gasteiger charge is 2.02. The van der Waals surface area contributed by atoms with Crippen LogP contribution >= 0.6 is 23.2 Å². The maximum absolute atomic E-state index is 5.98. The molecule has 0 bridgehead atoms. The Balaban J connectivity index is 1.92. The quantitative estimate of drug-likeness (QED) is 0.673. The molecule has 0 aliphatic rings. The maximum Gasteiger partial charge on any atom is 0.0457 e. The molecule has 3 aromatic rings. The van der Waals surface area contributed by atoms with Gasteiger partial charge in [-0.1, -0.05) is 35.3 Å². The Bertz CT molecular complexity index is 683. The van der Waals surface area contributed by atoms with E-state index in [0.29, 0.717) is 0 Å². The average molecular weight is 276 g/mol. The number of aromatic amines is 1. The first-order valence-corrected chi connectivity index (χ1v) is 6.48. The first kappa shape index (κ1) is 11.6. The van der Waals surface area contributed by atoms with Gasteiger partial charge >= 0.3 is 0 Å². The van der Waals surface area contributed by atoms with Crippen LogP contribution < -0.4 is 0 Å². The van der Waals surface area contributed by atoms with Crippen molar-refractivity contribution in [1.82, 2.24) is 4.98 Å². The predicted molar refractivity (Wildman–Crippen MR) is 77.6 cm³/mol. The fraction of sp³-hybridized carbons (Fsp3) is 0.0667. The van der Waals surface area contributed by atoms with Gasteiger partial charge in [0.25, 0.3) is 0 Å². The number of hydrogen-bond acceptors (Lipinski definition) is 0. The van der Waals surface area contributed by atoms with Gasteiger partial charge < -0.3 is 4.98 Å². The molecule has 2 aromatic carbocycles. The second-order valence-corrected chi connectivity index (χ2v) is 5.20. The van der Waals surface area contributed by atoms with Gasteiger partial charge in [-0.3, -0.25) is 0 Å². The minimum Gasteiger partial charge on any atom is -0.358 e. The minimum absolute atomic E-state index is 0.763. The largest absolute Gasteiger partial charge is 0.358 e. The molecule has 0 aliphatic carbocycles. The SMILES string of the molecule is Clc1ccc(Cc2cc3cc(Cl)ccc3[nH]2)cc1. The Hall–Kier alpha value is -1.44. The summed E-state index contributed by atoms with van der Waals surface area (Å²) in [6.07, 6.45) is 0.865. The van der Waals surface area contributed by atoms with Crippen LogP contribution in [0.3, 0.4) is 0 Å². The summed E-state index contributed by atoms with van der Waals surface area (Å²) in [5.41, 5.74) is 3.52. The van der Waals surface area contributed by atoms with Gasteiger partial charge in [0.2, 0.25) is 0 Å². The normalized spacial score (nSPS) is 11.0. The van der Waals surface area contributed by atoms with Gasteiger partial charge in [0, 0.05) is 33.1 Å². The van der Waals surface area contributed by atoms with Crippen LogP contribution in [0.5, 0.6) is 0 Å². The van der Waals surface area contributed by atoms with E-state index in [9.17, 15) is 0 Å². The van der Waals surface area contributed by atoms with Gasteiger partial charge in [0.1, 0.15) is 0 Å². The topological polar surface area (TPSA) is 15.8 Å². The molecule has 1 aromatic heterocycles. The molecule has 0 saturated carbocycles. The molecular formula is C15H11Cl2N. The standard InChI is InChI=1S/C15H11Cl2N/c16-12-3-1-10(2-4-12)7-14-9-11-8-13(17)5-6-15(11)18-14/h1-6,8-9,18H,7H2. The number of nitrogens with one attached hydrogen (secondary N) is 1. The lowest BCUT2D eigenvalue weighted by molar-refractivity contribution is 1.12. The van der Waals surface area contributed by atoms with E-state index in [2.05, 4.69) is 11.1 Å². The lowest BCUT2D eigenvalue weighted by atomic mass is 10.1.